The fraction of sp³-hybridized carbons (Fsp3) is 0.133. The molecule has 0 unspecified atom stereocenters. The normalized spacial score (nSPS) is 10.1. The molecule has 2 aromatic carbocycles. The van der Waals surface area contributed by atoms with Crippen LogP contribution in [0.1, 0.15) is 5.56 Å². The van der Waals surface area contributed by atoms with Gasteiger partial charge in [-0.15, -0.1) is 0 Å². The highest BCUT2D eigenvalue weighted by molar-refractivity contribution is 6.32. The zero-order valence-corrected chi connectivity index (χ0v) is 11.8. The SMILES string of the molecule is Cc1cccc(NC(=O)COc2cc(N)ccc2Cl)c1. The summed E-state index contributed by atoms with van der Waals surface area (Å²) < 4.78 is 5.36. The summed E-state index contributed by atoms with van der Waals surface area (Å²) in [4.78, 5) is 11.8. The van der Waals surface area contributed by atoms with Gasteiger partial charge in [0.25, 0.3) is 5.91 Å². The Hall–Kier alpha value is -2.20. The number of hydrogen-bond acceptors (Lipinski definition) is 3. The highest BCUT2D eigenvalue weighted by Gasteiger charge is 2.07. The van der Waals surface area contributed by atoms with Crippen LogP contribution < -0.4 is 15.8 Å². The van der Waals surface area contributed by atoms with E-state index >= 15 is 0 Å². The third-order valence-electron chi connectivity index (χ3n) is 2.62. The van der Waals surface area contributed by atoms with Crippen molar-refractivity contribution >= 4 is 28.9 Å². The van der Waals surface area contributed by atoms with Gasteiger partial charge in [0.2, 0.25) is 0 Å². The number of rotatable bonds is 4. The molecule has 0 radical (unpaired) electrons. The van der Waals surface area contributed by atoms with Gasteiger partial charge in [-0.1, -0.05) is 23.7 Å². The van der Waals surface area contributed by atoms with Crippen molar-refractivity contribution in [3.63, 3.8) is 0 Å². The molecule has 3 N–H and O–H groups in total. The number of carbonyl (C=O) groups excluding carboxylic acids is 1. The minimum Gasteiger partial charge on any atom is -0.482 e. The maximum atomic E-state index is 11.8. The summed E-state index contributed by atoms with van der Waals surface area (Å²) in [6.07, 6.45) is 0. The molecule has 104 valence electrons. The Morgan fingerprint density at radius 2 is 2.10 bits per heavy atom. The fourth-order valence-electron chi connectivity index (χ4n) is 1.69. The summed E-state index contributed by atoms with van der Waals surface area (Å²) in [6, 6.07) is 12.4. The van der Waals surface area contributed by atoms with Crippen LogP contribution in [0, 0.1) is 6.92 Å². The maximum Gasteiger partial charge on any atom is 0.262 e. The second-order valence-corrected chi connectivity index (χ2v) is 4.80. The van der Waals surface area contributed by atoms with Gasteiger partial charge in [-0.25, -0.2) is 0 Å². The lowest BCUT2D eigenvalue weighted by atomic mass is 10.2. The van der Waals surface area contributed by atoms with Crippen LogP contribution in [-0.4, -0.2) is 12.5 Å². The monoisotopic (exact) mass is 290 g/mol. The second kappa shape index (κ2) is 6.30. The number of nitrogen functional groups attached to an aromatic ring is 1. The predicted molar refractivity (Wildman–Crippen MR) is 81.2 cm³/mol. The standard InChI is InChI=1S/C15H15ClN2O2/c1-10-3-2-4-12(7-10)18-15(19)9-20-14-8-11(17)5-6-13(14)16/h2-8H,9,17H2,1H3,(H,18,19). The van der Waals surface area contributed by atoms with Crippen molar-refractivity contribution < 1.29 is 9.53 Å². The van der Waals surface area contributed by atoms with Crippen molar-refractivity contribution in [1.82, 2.24) is 0 Å². The van der Waals surface area contributed by atoms with Gasteiger partial charge in [-0.2, -0.15) is 0 Å². The maximum absolute atomic E-state index is 11.8. The van der Waals surface area contributed by atoms with E-state index in [4.69, 9.17) is 22.1 Å². The number of halogens is 1. The van der Waals surface area contributed by atoms with Crippen LogP contribution in [0.25, 0.3) is 0 Å². The van der Waals surface area contributed by atoms with E-state index in [1.165, 1.54) is 0 Å². The molecule has 0 aliphatic rings. The Kier molecular flexibility index (Phi) is 4.48. The first-order chi connectivity index (χ1) is 9.54. The Morgan fingerprint density at radius 1 is 1.30 bits per heavy atom. The zero-order chi connectivity index (χ0) is 14.5. The topological polar surface area (TPSA) is 64.3 Å². The van der Waals surface area contributed by atoms with Crippen LogP contribution in [0.4, 0.5) is 11.4 Å². The summed E-state index contributed by atoms with van der Waals surface area (Å²) in [7, 11) is 0. The van der Waals surface area contributed by atoms with Crippen molar-refractivity contribution in [2.75, 3.05) is 17.7 Å². The highest BCUT2D eigenvalue weighted by atomic mass is 35.5. The molecule has 4 nitrogen and oxygen atoms in total. The third-order valence-corrected chi connectivity index (χ3v) is 2.93. The number of anilines is 2. The van der Waals surface area contributed by atoms with Crippen LogP contribution >= 0.6 is 11.6 Å². The summed E-state index contributed by atoms with van der Waals surface area (Å²) in [6.45, 7) is 1.83. The molecule has 0 heterocycles. The van der Waals surface area contributed by atoms with Gasteiger partial charge >= 0.3 is 0 Å². The van der Waals surface area contributed by atoms with E-state index < -0.39 is 0 Å². The Morgan fingerprint density at radius 3 is 2.85 bits per heavy atom. The molecule has 0 spiro atoms. The van der Waals surface area contributed by atoms with E-state index in [0.717, 1.165) is 11.3 Å². The number of hydrogen-bond donors (Lipinski definition) is 2. The minimum absolute atomic E-state index is 0.128. The molecule has 0 saturated heterocycles. The van der Waals surface area contributed by atoms with Gasteiger partial charge in [0.05, 0.1) is 5.02 Å². The van der Waals surface area contributed by atoms with E-state index in [1.54, 1.807) is 18.2 Å². The average molecular weight is 291 g/mol. The van der Waals surface area contributed by atoms with Gasteiger partial charge in [-0.3, -0.25) is 4.79 Å². The number of carbonyl (C=O) groups is 1. The summed E-state index contributed by atoms with van der Waals surface area (Å²) in [5.74, 6) is 0.139. The molecule has 0 aromatic heterocycles. The van der Waals surface area contributed by atoms with Gasteiger partial charge in [0.1, 0.15) is 5.75 Å². The van der Waals surface area contributed by atoms with Gasteiger partial charge in [-0.05, 0) is 36.8 Å². The first-order valence-electron chi connectivity index (χ1n) is 6.09. The molecule has 0 bridgehead atoms. The quantitative estimate of drug-likeness (QED) is 0.850. The van der Waals surface area contributed by atoms with Gasteiger partial charge < -0.3 is 15.8 Å². The molecule has 2 aromatic rings. The number of amides is 1. The lowest BCUT2D eigenvalue weighted by Gasteiger charge is -2.09. The number of aryl methyl sites for hydroxylation is 1. The molecule has 2 rings (SSSR count). The molecule has 20 heavy (non-hydrogen) atoms. The molecule has 0 fully saturated rings. The molecule has 5 heteroatoms. The van der Waals surface area contributed by atoms with Gasteiger partial charge in [0.15, 0.2) is 6.61 Å². The Labute approximate surface area is 122 Å². The molecule has 0 aliphatic heterocycles. The Bertz CT molecular complexity index is 629. The average Bonchev–Trinajstić information content (AvgIpc) is 2.40. The zero-order valence-electron chi connectivity index (χ0n) is 11.0. The number of nitrogens with two attached hydrogens (primary N) is 1. The summed E-state index contributed by atoms with van der Waals surface area (Å²) >= 11 is 5.95. The van der Waals surface area contributed by atoms with Crippen molar-refractivity contribution in [2.24, 2.45) is 0 Å². The van der Waals surface area contributed by atoms with E-state index in [2.05, 4.69) is 5.32 Å². The number of benzene rings is 2. The predicted octanol–water partition coefficient (Wildman–Crippen LogP) is 3.25. The van der Waals surface area contributed by atoms with Crippen LogP contribution in [0.5, 0.6) is 5.75 Å². The van der Waals surface area contributed by atoms with Crippen LogP contribution in [0.2, 0.25) is 5.02 Å². The minimum atomic E-state index is -0.255. The molecular formula is C15H15ClN2O2. The summed E-state index contributed by atoms with van der Waals surface area (Å²) in [5.41, 5.74) is 7.97. The van der Waals surface area contributed by atoms with E-state index in [9.17, 15) is 4.79 Å². The van der Waals surface area contributed by atoms with Crippen LogP contribution in [0.3, 0.4) is 0 Å². The molecule has 0 saturated carbocycles. The first-order valence-corrected chi connectivity index (χ1v) is 6.47. The fourth-order valence-corrected chi connectivity index (χ4v) is 1.87. The van der Waals surface area contributed by atoms with Crippen molar-refractivity contribution in [1.29, 1.82) is 0 Å². The smallest absolute Gasteiger partial charge is 0.262 e. The largest absolute Gasteiger partial charge is 0.482 e. The van der Waals surface area contributed by atoms with Crippen LogP contribution in [0.15, 0.2) is 42.5 Å². The molecular weight excluding hydrogens is 276 g/mol. The molecule has 0 atom stereocenters. The van der Waals surface area contributed by atoms with Crippen LogP contribution in [-0.2, 0) is 4.79 Å². The Balaban J connectivity index is 1.94. The first kappa shape index (κ1) is 14.2. The third kappa shape index (κ3) is 3.90. The van der Waals surface area contributed by atoms with Crippen molar-refractivity contribution in [3.8, 4) is 5.75 Å². The highest BCUT2D eigenvalue weighted by Crippen LogP contribution is 2.26. The van der Waals surface area contributed by atoms with E-state index in [-0.39, 0.29) is 12.5 Å². The molecule has 1 amide bonds. The lowest BCUT2D eigenvalue weighted by Crippen LogP contribution is -2.20. The van der Waals surface area contributed by atoms with E-state index in [0.29, 0.717) is 16.5 Å². The van der Waals surface area contributed by atoms with Crippen molar-refractivity contribution in [3.05, 3.63) is 53.1 Å². The number of ether oxygens (including phenoxy) is 1. The van der Waals surface area contributed by atoms with E-state index in [1.807, 2.05) is 31.2 Å². The lowest BCUT2D eigenvalue weighted by molar-refractivity contribution is -0.118. The van der Waals surface area contributed by atoms with Gasteiger partial charge in [0, 0.05) is 17.4 Å². The molecule has 0 aliphatic carbocycles. The second-order valence-electron chi connectivity index (χ2n) is 4.40. The van der Waals surface area contributed by atoms with Crippen molar-refractivity contribution in [2.45, 2.75) is 6.92 Å². The summed E-state index contributed by atoms with van der Waals surface area (Å²) in [5, 5.41) is 3.17. The number of nitrogens with one attached hydrogen (secondary N) is 1.